The number of nitrogens with zero attached hydrogens (tertiary/aromatic N) is 2. The Morgan fingerprint density at radius 1 is 1.17 bits per heavy atom. The number of hydrogen-bond acceptors (Lipinski definition) is 7. The van der Waals surface area contributed by atoms with E-state index in [2.05, 4.69) is 20.0 Å². The lowest BCUT2D eigenvalue weighted by atomic mass is 10.0. The fourth-order valence-corrected chi connectivity index (χ4v) is 4.23. The predicted molar refractivity (Wildman–Crippen MR) is 118 cm³/mol. The Kier molecular flexibility index (Phi) is 5.23. The number of hydrogen-bond donors (Lipinski definition) is 4. The van der Waals surface area contributed by atoms with Gasteiger partial charge >= 0.3 is 0 Å². The van der Waals surface area contributed by atoms with E-state index in [9.17, 15) is 13.5 Å². The van der Waals surface area contributed by atoms with Crippen molar-refractivity contribution in [1.82, 2.24) is 4.72 Å². The van der Waals surface area contributed by atoms with Crippen LogP contribution in [0.4, 0.5) is 11.4 Å². The van der Waals surface area contributed by atoms with Crippen molar-refractivity contribution < 1.29 is 13.5 Å². The number of phenolic OH excluding ortho intramolecular Hbond substituents is 1. The van der Waals surface area contributed by atoms with Gasteiger partial charge in [-0.2, -0.15) is 0 Å². The Hall–Kier alpha value is -3.30. The first-order chi connectivity index (χ1) is 14.3. The number of sulfonamides is 1. The van der Waals surface area contributed by atoms with Gasteiger partial charge in [0, 0.05) is 11.8 Å². The van der Waals surface area contributed by atoms with Gasteiger partial charge in [0.2, 0.25) is 0 Å². The van der Waals surface area contributed by atoms with Gasteiger partial charge < -0.3 is 16.2 Å². The second kappa shape index (κ2) is 7.85. The lowest BCUT2D eigenvalue weighted by molar-refractivity contribution is 0.475. The average Bonchev–Trinajstić information content (AvgIpc) is 2.71. The maximum Gasteiger partial charge on any atom is 0.263 e. The Balaban J connectivity index is 1.71. The van der Waals surface area contributed by atoms with Crippen molar-refractivity contribution in [2.45, 2.75) is 17.4 Å². The number of nitrogen functional groups attached to an aromatic ring is 1. The molecule has 30 heavy (non-hydrogen) atoms. The second-order valence-corrected chi connectivity index (χ2v) is 8.77. The normalized spacial score (nSPS) is 18.0. The molecule has 0 saturated carbocycles. The van der Waals surface area contributed by atoms with Crippen LogP contribution in [0.5, 0.6) is 5.75 Å². The van der Waals surface area contributed by atoms with Gasteiger partial charge in [-0.3, -0.25) is 9.71 Å². The topological polar surface area (TPSA) is 129 Å². The second-order valence-electron chi connectivity index (χ2n) is 6.68. The van der Waals surface area contributed by atoms with E-state index >= 15 is 0 Å². The summed E-state index contributed by atoms with van der Waals surface area (Å²) in [4.78, 5) is 9.08. The van der Waals surface area contributed by atoms with Crippen molar-refractivity contribution in [2.75, 3.05) is 11.1 Å². The molecule has 2 aromatic rings. The van der Waals surface area contributed by atoms with Gasteiger partial charge in [0.15, 0.2) is 11.7 Å². The quantitative estimate of drug-likeness (QED) is 0.542. The zero-order chi connectivity index (χ0) is 21.3. The summed E-state index contributed by atoms with van der Waals surface area (Å²) in [6, 6.07) is 10.1. The number of rotatable bonds is 3. The molecule has 1 heterocycles. The largest absolute Gasteiger partial charge is 0.508 e. The standard InChI is InChI=1S/C20H18ClN5O3S/c21-15-9-8-13(27)11-18(15)25-19-20(24-17-7-2-1-6-16(17)23-19)26-30(28,29)14-5-3-4-12(22)10-14/h1-5,7-11,16,27H,6,22H2,(H,23,25)(H,24,26). The Morgan fingerprint density at radius 3 is 2.80 bits per heavy atom. The smallest absolute Gasteiger partial charge is 0.263 e. The van der Waals surface area contributed by atoms with Crippen LogP contribution >= 0.6 is 11.6 Å². The van der Waals surface area contributed by atoms with Crippen LogP contribution < -0.4 is 15.8 Å². The third-order valence-electron chi connectivity index (χ3n) is 4.46. The van der Waals surface area contributed by atoms with Crippen LogP contribution in [-0.4, -0.2) is 31.2 Å². The SMILES string of the molecule is Nc1cccc(S(=O)(=O)NC2=NC3=CC=CCC3N=C2Nc2cc(O)ccc2Cl)c1. The van der Waals surface area contributed by atoms with Gasteiger partial charge in [0.05, 0.1) is 27.3 Å². The van der Waals surface area contributed by atoms with Gasteiger partial charge in [-0.15, -0.1) is 0 Å². The number of benzene rings is 2. The van der Waals surface area contributed by atoms with Gasteiger partial charge in [-0.25, -0.2) is 13.4 Å². The molecule has 0 amide bonds. The molecule has 1 aliphatic heterocycles. The third-order valence-corrected chi connectivity index (χ3v) is 6.12. The molecule has 0 spiro atoms. The van der Waals surface area contributed by atoms with Gasteiger partial charge in [0.1, 0.15) is 5.75 Å². The zero-order valence-corrected chi connectivity index (χ0v) is 17.2. The highest BCUT2D eigenvalue weighted by Crippen LogP contribution is 2.28. The summed E-state index contributed by atoms with van der Waals surface area (Å²) in [5, 5.41) is 13.1. The molecule has 0 bridgehead atoms. The number of anilines is 2. The van der Waals surface area contributed by atoms with E-state index in [1.807, 2.05) is 12.2 Å². The van der Waals surface area contributed by atoms with Crippen molar-refractivity contribution in [2.24, 2.45) is 9.98 Å². The number of nitrogens with two attached hydrogens (primary N) is 1. The minimum Gasteiger partial charge on any atom is -0.508 e. The first-order valence-corrected chi connectivity index (χ1v) is 10.9. The monoisotopic (exact) mass is 443 g/mol. The van der Waals surface area contributed by atoms with Crippen LogP contribution in [0.25, 0.3) is 0 Å². The van der Waals surface area contributed by atoms with Crippen LogP contribution in [0.2, 0.25) is 5.02 Å². The molecule has 0 aromatic heterocycles. The summed E-state index contributed by atoms with van der Waals surface area (Å²) < 4.78 is 28.3. The van der Waals surface area contributed by atoms with E-state index in [1.165, 1.54) is 30.3 Å². The average molecular weight is 444 g/mol. The molecule has 1 aliphatic carbocycles. The molecule has 10 heteroatoms. The van der Waals surface area contributed by atoms with Gasteiger partial charge in [0.25, 0.3) is 10.0 Å². The van der Waals surface area contributed by atoms with Crippen LogP contribution in [0.3, 0.4) is 0 Å². The van der Waals surface area contributed by atoms with Crippen molar-refractivity contribution in [3.05, 3.63) is 71.4 Å². The molecular weight excluding hydrogens is 426 g/mol. The Labute approximate surface area is 178 Å². The lowest BCUT2D eigenvalue weighted by Gasteiger charge is -2.24. The maximum absolute atomic E-state index is 12.9. The summed E-state index contributed by atoms with van der Waals surface area (Å²) in [5.41, 5.74) is 7.04. The molecule has 5 N–H and O–H groups in total. The molecule has 4 rings (SSSR count). The first kappa shape index (κ1) is 20.0. The predicted octanol–water partition coefficient (Wildman–Crippen LogP) is 3.04. The summed E-state index contributed by atoms with van der Waals surface area (Å²) in [7, 11) is -3.97. The summed E-state index contributed by atoms with van der Waals surface area (Å²) >= 11 is 6.20. The molecule has 8 nitrogen and oxygen atoms in total. The highest BCUT2D eigenvalue weighted by atomic mass is 35.5. The highest BCUT2D eigenvalue weighted by molar-refractivity contribution is 7.90. The molecule has 1 unspecified atom stereocenters. The highest BCUT2D eigenvalue weighted by Gasteiger charge is 2.28. The zero-order valence-electron chi connectivity index (χ0n) is 15.6. The van der Waals surface area contributed by atoms with Crippen molar-refractivity contribution in [3.8, 4) is 5.75 Å². The Bertz CT molecular complexity index is 1230. The van der Waals surface area contributed by atoms with Gasteiger partial charge in [-0.1, -0.05) is 29.8 Å². The van der Waals surface area contributed by atoms with Crippen molar-refractivity contribution in [3.63, 3.8) is 0 Å². The minimum absolute atomic E-state index is 0.000388. The van der Waals surface area contributed by atoms with Crippen LogP contribution in [0.1, 0.15) is 6.42 Å². The minimum atomic E-state index is -3.97. The van der Waals surface area contributed by atoms with E-state index in [1.54, 1.807) is 18.2 Å². The van der Waals surface area contributed by atoms with E-state index in [4.69, 9.17) is 17.3 Å². The maximum atomic E-state index is 12.9. The fourth-order valence-electron chi connectivity index (χ4n) is 3.00. The van der Waals surface area contributed by atoms with E-state index < -0.39 is 10.0 Å². The first-order valence-electron chi connectivity index (χ1n) is 8.99. The molecule has 1 atom stereocenters. The molecular formula is C20H18ClN5O3S. The summed E-state index contributed by atoms with van der Waals surface area (Å²) in [6.07, 6.45) is 6.21. The van der Waals surface area contributed by atoms with Crippen molar-refractivity contribution >= 4 is 44.7 Å². The molecule has 0 fully saturated rings. The lowest BCUT2D eigenvalue weighted by Crippen LogP contribution is -2.42. The van der Waals surface area contributed by atoms with Crippen LogP contribution in [0.15, 0.2) is 81.3 Å². The molecule has 2 aliphatic rings. The third kappa shape index (κ3) is 4.17. The number of aromatic hydroxyl groups is 1. The number of halogens is 1. The number of amidine groups is 2. The molecule has 0 radical (unpaired) electrons. The van der Waals surface area contributed by atoms with Crippen LogP contribution in [0, 0.1) is 0 Å². The number of nitrogens with one attached hydrogen (secondary N) is 2. The fraction of sp³-hybridized carbons (Fsp3) is 0.100. The number of fused-ring (bicyclic) bond motifs is 1. The molecule has 154 valence electrons. The number of phenols is 1. The van der Waals surface area contributed by atoms with Crippen molar-refractivity contribution in [1.29, 1.82) is 0 Å². The van der Waals surface area contributed by atoms with E-state index in [0.29, 0.717) is 28.5 Å². The molecule has 2 aromatic carbocycles. The van der Waals surface area contributed by atoms with Crippen LogP contribution in [-0.2, 0) is 10.0 Å². The summed E-state index contributed by atoms with van der Waals surface area (Å²) in [5.74, 6) is 0.195. The number of aliphatic imine (C=N–C) groups is 2. The van der Waals surface area contributed by atoms with Gasteiger partial charge in [-0.05, 0) is 42.8 Å². The van der Waals surface area contributed by atoms with E-state index in [-0.39, 0.29) is 28.4 Å². The Morgan fingerprint density at radius 2 is 2.00 bits per heavy atom. The summed E-state index contributed by atoms with van der Waals surface area (Å²) in [6.45, 7) is 0. The van der Waals surface area contributed by atoms with E-state index in [0.717, 1.165) is 0 Å². The number of allylic oxidation sites excluding steroid dienone is 2. The molecule has 0 saturated heterocycles.